The van der Waals surface area contributed by atoms with Gasteiger partial charge in [0.2, 0.25) is 5.91 Å². The summed E-state index contributed by atoms with van der Waals surface area (Å²) in [6.45, 7) is 4.86. The zero-order valence-corrected chi connectivity index (χ0v) is 22.2. The van der Waals surface area contributed by atoms with E-state index in [-0.39, 0.29) is 18.4 Å². The Bertz CT molecular complexity index is 1330. The molecule has 196 valence electrons. The van der Waals surface area contributed by atoms with Gasteiger partial charge < -0.3 is 15.0 Å². The average Bonchev–Trinajstić information content (AvgIpc) is 2.95. The minimum absolute atomic E-state index is 0.145. The molecule has 4 aromatic carbocycles. The Morgan fingerprint density at radius 2 is 1.55 bits per heavy atom. The van der Waals surface area contributed by atoms with Crippen molar-refractivity contribution >= 4 is 22.6 Å². The molecule has 0 aliphatic rings. The molecule has 4 aromatic rings. The van der Waals surface area contributed by atoms with E-state index in [0.717, 1.165) is 40.3 Å². The monoisotopic (exact) mass is 508 g/mol. The van der Waals surface area contributed by atoms with E-state index in [1.165, 1.54) is 0 Å². The van der Waals surface area contributed by atoms with Crippen LogP contribution in [-0.4, -0.2) is 35.9 Å². The van der Waals surface area contributed by atoms with Gasteiger partial charge in [-0.3, -0.25) is 9.59 Å². The summed E-state index contributed by atoms with van der Waals surface area (Å²) < 4.78 is 6.07. The van der Waals surface area contributed by atoms with Gasteiger partial charge >= 0.3 is 0 Å². The zero-order chi connectivity index (χ0) is 26.7. The fraction of sp³-hybridized carbons (Fsp3) is 0.273. The van der Waals surface area contributed by atoms with Gasteiger partial charge in [0, 0.05) is 24.9 Å². The number of unbranched alkanes of at least 4 members (excludes halogenated alkanes) is 1. The topological polar surface area (TPSA) is 58.6 Å². The van der Waals surface area contributed by atoms with Crippen LogP contribution in [0.1, 0.15) is 36.5 Å². The molecule has 1 atom stereocenters. The number of carbonyl (C=O) groups excluding carboxylic acids is 2. The van der Waals surface area contributed by atoms with Crippen LogP contribution >= 0.6 is 0 Å². The molecule has 0 saturated carbocycles. The van der Waals surface area contributed by atoms with E-state index in [2.05, 4.69) is 12.2 Å². The number of ether oxygens (including phenoxy) is 1. The highest BCUT2D eigenvalue weighted by Crippen LogP contribution is 2.25. The van der Waals surface area contributed by atoms with Crippen molar-refractivity contribution in [3.05, 3.63) is 114 Å². The van der Waals surface area contributed by atoms with Crippen molar-refractivity contribution in [2.24, 2.45) is 0 Å². The Morgan fingerprint density at radius 3 is 2.32 bits per heavy atom. The van der Waals surface area contributed by atoms with Gasteiger partial charge in [0.05, 0.1) is 0 Å². The fourth-order valence-electron chi connectivity index (χ4n) is 4.49. The number of carbonyl (C=O) groups is 2. The maximum atomic E-state index is 13.8. The van der Waals surface area contributed by atoms with Crippen LogP contribution < -0.4 is 10.1 Å². The van der Waals surface area contributed by atoms with Gasteiger partial charge in [0.15, 0.2) is 6.61 Å². The van der Waals surface area contributed by atoms with Gasteiger partial charge in [-0.1, -0.05) is 110 Å². The van der Waals surface area contributed by atoms with E-state index in [1.54, 1.807) is 4.90 Å². The lowest BCUT2D eigenvalue weighted by atomic mass is 10.0. The maximum absolute atomic E-state index is 13.8. The molecular weight excluding hydrogens is 472 g/mol. The lowest BCUT2D eigenvalue weighted by Crippen LogP contribution is -2.51. The fourth-order valence-corrected chi connectivity index (χ4v) is 4.49. The number of amides is 2. The van der Waals surface area contributed by atoms with Crippen LogP contribution in [0, 0.1) is 6.92 Å². The molecule has 1 N–H and O–H groups in total. The van der Waals surface area contributed by atoms with Crippen LogP contribution in [0.25, 0.3) is 10.8 Å². The number of benzene rings is 4. The Kier molecular flexibility index (Phi) is 9.52. The average molecular weight is 509 g/mol. The number of aryl methyl sites for hydroxylation is 1. The third-order valence-electron chi connectivity index (χ3n) is 6.67. The van der Waals surface area contributed by atoms with E-state index < -0.39 is 6.04 Å². The van der Waals surface area contributed by atoms with Crippen molar-refractivity contribution in [2.75, 3.05) is 13.2 Å². The highest BCUT2D eigenvalue weighted by molar-refractivity contribution is 5.90. The van der Waals surface area contributed by atoms with Gasteiger partial charge in [-0.25, -0.2) is 0 Å². The summed E-state index contributed by atoms with van der Waals surface area (Å²) in [5, 5.41) is 5.06. The first-order chi connectivity index (χ1) is 18.5. The molecule has 5 heteroatoms. The molecule has 0 radical (unpaired) electrons. The molecule has 0 aromatic heterocycles. The summed E-state index contributed by atoms with van der Waals surface area (Å²) in [6.07, 6.45) is 2.29. The van der Waals surface area contributed by atoms with E-state index in [9.17, 15) is 9.59 Å². The molecule has 0 spiro atoms. The van der Waals surface area contributed by atoms with Crippen LogP contribution in [-0.2, 0) is 22.6 Å². The first kappa shape index (κ1) is 26.9. The number of rotatable bonds is 12. The van der Waals surface area contributed by atoms with Gasteiger partial charge in [-0.15, -0.1) is 0 Å². The van der Waals surface area contributed by atoms with Crippen molar-refractivity contribution in [3.8, 4) is 5.75 Å². The molecule has 2 amide bonds. The molecule has 0 aliphatic carbocycles. The van der Waals surface area contributed by atoms with Crippen LogP contribution in [0.5, 0.6) is 5.75 Å². The predicted molar refractivity (Wildman–Crippen MR) is 153 cm³/mol. The van der Waals surface area contributed by atoms with Crippen molar-refractivity contribution in [1.82, 2.24) is 10.2 Å². The maximum Gasteiger partial charge on any atom is 0.261 e. The molecule has 4 rings (SSSR count). The van der Waals surface area contributed by atoms with Crippen molar-refractivity contribution in [3.63, 3.8) is 0 Å². The number of nitrogens with one attached hydrogen (secondary N) is 1. The Labute approximate surface area is 225 Å². The number of hydrogen-bond donors (Lipinski definition) is 1. The predicted octanol–water partition coefficient (Wildman–Crippen LogP) is 6.08. The Hall–Kier alpha value is -4.12. The van der Waals surface area contributed by atoms with Crippen LogP contribution in [0.3, 0.4) is 0 Å². The summed E-state index contributed by atoms with van der Waals surface area (Å²) in [7, 11) is 0. The van der Waals surface area contributed by atoms with Crippen molar-refractivity contribution in [2.45, 2.75) is 45.7 Å². The number of fused-ring (bicyclic) bond motifs is 1. The first-order valence-electron chi connectivity index (χ1n) is 13.3. The smallest absolute Gasteiger partial charge is 0.261 e. The minimum atomic E-state index is -0.667. The second-order valence-electron chi connectivity index (χ2n) is 9.62. The normalized spacial score (nSPS) is 11.6. The molecule has 0 aliphatic heterocycles. The summed E-state index contributed by atoms with van der Waals surface area (Å²) in [6, 6.07) is 31.0. The van der Waals surface area contributed by atoms with Gasteiger partial charge in [0.1, 0.15) is 11.8 Å². The lowest BCUT2D eigenvalue weighted by Gasteiger charge is -2.31. The van der Waals surface area contributed by atoms with Crippen molar-refractivity contribution in [1.29, 1.82) is 0 Å². The van der Waals surface area contributed by atoms with E-state index in [4.69, 9.17) is 4.74 Å². The molecule has 5 nitrogen and oxygen atoms in total. The largest absolute Gasteiger partial charge is 0.483 e. The zero-order valence-electron chi connectivity index (χ0n) is 22.2. The highest BCUT2D eigenvalue weighted by Gasteiger charge is 2.30. The van der Waals surface area contributed by atoms with Crippen molar-refractivity contribution < 1.29 is 14.3 Å². The molecule has 1 unspecified atom stereocenters. The second kappa shape index (κ2) is 13.4. The molecule has 0 bridgehead atoms. The number of nitrogens with zero attached hydrogens (tertiary/aromatic N) is 1. The quantitative estimate of drug-likeness (QED) is 0.236. The third-order valence-corrected chi connectivity index (χ3v) is 6.67. The standard InChI is InChI=1S/C33H36N2O3/c1-3-4-21-34-33(37)30(22-26-11-6-5-7-12-26)35(23-27-19-17-25(2)18-20-27)32(36)24-38-31-16-10-14-28-13-8-9-15-29(28)31/h5-20,30H,3-4,21-24H2,1-2H3,(H,34,37). The summed E-state index contributed by atoms with van der Waals surface area (Å²) in [4.78, 5) is 29.0. The second-order valence-corrected chi connectivity index (χ2v) is 9.62. The molecular formula is C33H36N2O3. The summed E-state index contributed by atoms with van der Waals surface area (Å²) in [5.41, 5.74) is 3.11. The summed E-state index contributed by atoms with van der Waals surface area (Å²) in [5.74, 6) is 0.275. The molecule has 0 heterocycles. The number of hydrogen-bond acceptors (Lipinski definition) is 3. The van der Waals surface area contributed by atoms with Gasteiger partial charge in [-0.2, -0.15) is 0 Å². The van der Waals surface area contributed by atoms with Crippen LogP contribution in [0.15, 0.2) is 97.1 Å². The van der Waals surface area contributed by atoms with Crippen LogP contribution in [0.2, 0.25) is 0 Å². The lowest BCUT2D eigenvalue weighted by molar-refractivity contribution is -0.142. The summed E-state index contributed by atoms with van der Waals surface area (Å²) >= 11 is 0. The third kappa shape index (κ3) is 7.22. The van der Waals surface area contributed by atoms with E-state index in [0.29, 0.717) is 25.3 Å². The van der Waals surface area contributed by atoms with E-state index >= 15 is 0 Å². The minimum Gasteiger partial charge on any atom is -0.483 e. The Balaban J connectivity index is 1.62. The van der Waals surface area contributed by atoms with Gasteiger partial charge in [0.25, 0.3) is 5.91 Å². The first-order valence-corrected chi connectivity index (χ1v) is 13.3. The molecule has 38 heavy (non-hydrogen) atoms. The highest BCUT2D eigenvalue weighted by atomic mass is 16.5. The van der Waals surface area contributed by atoms with Crippen LogP contribution in [0.4, 0.5) is 0 Å². The van der Waals surface area contributed by atoms with E-state index in [1.807, 2.05) is 104 Å². The molecule has 0 saturated heterocycles. The van der Waals surface area contributed by atoms with Gasteiger partial charge in [-0.05, 0) is 35.9 Å². The Morgan fingerprint density at radius 1 is 0.842 bits per heavy atom. The SMILES string of the molecule is CCCCNC(=O)C(Cc1ccccc1)N(Cc1ccc(C)cc1)C(=O)COc1cccc2ccccc12. The molecule has 0 fully saturated rings.